The number of hydrogen-bond acceptors (Lipinski definition) is 3. The fourth-order valence-corrected chi connectivity index (χ4v) is 3.48. The standard InChI is InChI=1S/C24H21F3N4O/c1-4-16-6-8-18(19(9-16)24(25,26)27)22(32)29-20-10-17(7-5-15(20)3)21-13-31-12-14(2)11-28-23(31)30-21/h5-13H,4H2,1-3H3,(H,29,32). The Bertz CT molecular complexity index is 1320. The van der Waals surface area contributed by atoms with Crippen molar-refractivity contribution in [3.63, 3.8) is 0 Å². The first-order valence-electron chi connectivity index (χ1n) is 10.1. The minimum atomic E-state index is -4.63. The molecule has 0 atom stereocenters. The topological polar surface area (TPSA) is 59.3 Å². The summed E-state index contributed by atoms with van der Waals surface area (Å²) in [6, 6.07) is 9.14. The van der Waals surface area contributed by atoms with Gasteiger partial charge in [0.25, 0.3) is 5.91 Å². The van der Waals surface area contributed by atoms with Gasteiger partial charge in [-0.05, 0) is 55.2 Å². The molecule has 2 aromatic heterocycles. The zero-order valence-electron chi connectivity index (χ0n) is 17.8. The van der Waals surface area contributed by atoms with Crippen molar-refractivity contribution >= 4 is 17.4 Å². The number of aromatic nitrogens is 3. The summed E-state index contributed by atoms with van der Waals surface area (Å²) in [5.41, 5.74) is 2.64. The van der Waals surface area contributed by atoms with Crippen LogP contribution in [-0.4, -0.2) is 20.3 Å². The largest absolute Gasteiger partial charge is 0.417 e. The van der Waals surface area contributed by atoms with Crippen molar-refractivity contribution in [3.05, 3.63) is 82.8 Å². The van der Waals surface area contributed by atoms with Crippen LogP contribution in [0.5, 0.6) is 0 Å². The first-order chi connectivity index (χ1) is 15.2. The van der Waals surface area contributed by atoms with E-state index in [1.807, 2.05) is 25.4 Å². The molecule has 1 amide bonds. The van der Waals surface area contributed by atoms with E-state index in [-0.39, 0.29) is 0 Å². The van der Waals surface area contributed by atoms with E-state index in [1.165, 1.54) is 6.07 Å². The molecule has 0 aliphatic rings. The second-order valence-corrected chi connectivity index (χ2v) is 7.68. The van der Waals surface area contributed by atoms with Gasteiger partial charge in [0.1, 0.15) is 0 Å². The molecule has 0 spiro atoms. The zero-order chi connectivity index (χ0) is 23.0. The van der Waals surface area contributed by atoms with Crippen molar-refractivity contribution in [1.29, 1.82) is 0 Å². The molecule has 2 aromatic carbocycles. The Balaban J connectivity index is 1.68. The Morgan fingerprint density at radius 2 is 1.88 bits per heavy atom. The second-order valence-electron chi connectivity index (χ2n) is 7.68. The molecule has 0 unspecified atom stereocenters. The van der Waals surface area contributed by atoms with E-state index in [0.717, 1.165) is 17.2 Å². The monoisotopic (exact) mass is 438 g/mol. The molecule has 0 bridgehead atoms. The number of fused-ring (bicyclic) bond motifs is 1. The van der Waals surface area contributed by atoms with Crippen molar-refractivity contribution < 1.29 is 18.0 Å². The van der Waals surface area contributed by atoms with E-state index in [2.05, 4.69) is 15.3 Å². The molecule has 4 rings (SSSR count). The number of alkyl halides is 3. The highest BCUT2D eigenvalue weighted by molar-refractivity contribution is 6.06. The van der Waals surface area contributed by atoms with Gasteiger partial charge >= 0.3 is 6.18 Å². The number of aryl methyl sites for hydroxylation is 3. The minimum absolute atomic E-state index is 0.410. The third-order valence-electron chi connectivity index (χ3n) is 5.26. The van der Waals surface area contributed by atoms with Gasteiger partial charge in [-0.15, -0.1) is 0 Å². The third-order valence-corrected chi connectivity index (χ3v) is 5.26. The van der Waals surface area contributed by atoms with Gasteiger partial charge in [-0.25, -0.2) is 9.97 Å². The van der Waals surface area contributed by atoms with Crippen molar-refractivity contribution in [3.8, 4) is 11.3 Å². The summed E-state index contributed by atoms with van der Waals surface area (Å²) >= 11 is 0. The summed E-state index contributed by atoms with van der Waals surface area (Å²) in [7, 11) is 0. The molecule has 1 N–H and O–H groups in total. The molecule has 0 aliphatic carbocycles. The van der Waals surface area contributed by atoms with Crippen LogP contribution in [0.2, 0.25) is 0 Å². The van der Waals surface area contributed by atoms with Gasteiger partial charge < -0.3 is 5.32 Å². The molecule has 0 aliphatic heterocycles. The first-order valence-corrected chi connectivity index (χ1v) is 10.1. The summed E-state index contributed by atoms with van der Waals surface area (Å²) in [5.74, 6) is -0.282. The first kappa shape index (κ1) is 21.5. The Kier molecular flexibility index (Phi) is 5.46. The van der Waals surface area contributed by atoms with Gasteiger partial charge in [-0.3, -0.25) is 9.20 Å². The second kappa shape index (κ2) is 8.11. The van der Waals surface area contributed by atoms with E-state index in [1.54, 1.807) is 42.6 Å². The van der Waals surface area contributed by atoms with Crippen LogP contribution in [0, 0.1) is 13.8 Å². The van der Waals surface area contributed by atoms with Gasteiger partial charge in [0.05, 0.1) is 16.8 Å². The number of carbonyl (C=O) groups is 1. The molecule has 8 heteroatoms. The highest BCUT2D eigenvalue weighted by atomic mass is 19.4. The predicted octanol–water partition coefficient (Wildman–Crippen LogP) is 5.85. The highest BCUT2D eigenvalue weighted by Gasteiger charge is 2.35. The number of rotatable bonds is 4. The molecule has 0 radical (unpaired) electrons. The van der Waals surface area contributed by atoms with Gasteiger partial charge in [-0.2, -0.15) is 13.2 Å². The number of nitrogens with zero attached hydrogens (tertiary/aromatic N) is 3. The predicted molar refractivity (Wildman–Crippen MR) is 117 cm³/mol. The maximum absolute atomic E-state index is 13.6. The van der Waals surface area contributed by atoms with Crippen LogP contribution in [-0.2, 0) is 12.6 Å². The van der Waals surface area contributed by atoms with Gasteiger partial charge in [0.15, 0.2) is 0 Å². The summed E-state index contributed by atoms with van der Waals surface area (Å²) < 4.78 is 42.5. The lowest BCUT2D eigenvalue weighted by molar-refractivity contribution is -0.137. The Labute approximate surface area is 183 Å². The SMILES string of the molecule is CCc1ccc(C(=O)Nc2cc(-c3cn4cc(C)cnc4n3)ccc2C)c(C(F)(F)F)c1. The Morgan fingerprint density at radius 1 is 1.09 bits per heavy atom. The molecule has 0 saturated carbocycles. The lowest BCUT2D eigenvalue weighted by atomic mass is 10.0. The van der Waals surface area contributed by atoms with Crippen LogP contribution in [0.1, 0.15) is 39.5 Å². The van der Waals surface area contributed by atoms with Crippen LogP contribution in [0.3, 0.4) is 0 Å². The summed E-state index contributed by atoms with van der Waals surface area (Å²) in [5, 5.41) is 2.64. The van der Waals surface area contributed by atoms with Gasteiger partial charge in [-0.1, -0.05) is 25.1 Å². The van der Waals surface area contributed by atoms with Crippen LogP contribution in [0.4, 0.5) is 18.9 Å². The third kappa shape index (κ3) is 4.21. The number of imidazole rings is 1. The van der Waals surface area contributed by atoms with Crippen LogP contribution in [0.15, 0.2) is 55.0 Å². The lowest BCUT2D eigenvalue weighted by Crippen LogP contribution is -2.19. The van der Waals surface area contributed by atoms with Crippen molar-refractivity contribution in [2.24, 2.45) is 0 Å². The molecule has 32 heavy (non-hydrogen) atoms. The molecule has 0 saturated heterocycles. The summed E-state index contributed by atoms with van der Waals surface area (Å²) in [6.45, 7) is 5.47. The fraction of sp³-hybridized carbons (Fsp3) is 0.208. The van der Waals surface area contributed by atoms with Crippen LogP contribution < -0.4 is 5.32 Å². The fourth-order valence-electron chi connectivity index (χ4n) is 3.48. The maximum atomic E-state index is 13.6. The molecule has 4 aromatic rings. The van der Waals surface area contributed by atoms with E-state index in [4.69, 9.17) is 0 Å². The van der Waals surface area contributed by atoms with Crippen LogP contribution in [0.25, 0.3) is 17.0 Å². The molecular weight excluding hydrogens is 417 g/mol. The number of amides is 1. The minimum Gasteiger partial charge on any atom is -0.322 e. The normalized spacial score (nSPS) is 11.7. The van der Waals surface area contributed by atoms with Gasteiger partial charge in [0, 0.05) is 29.8 Å². The lowest BCUT2D eigenvalue weighted by Gasteiger charge is -2.15. The number of hydrogen-bond donors (Lipinski definition) is 1. The average molecular weight is 438 g/mol. The zero-order valence-corrected chi connectivity index (χ0v) is 17.8. The average Bonchev–Trinajstić information content (AvgIpc) is 3.17. The molecule has 0 fully saturated rings. The Morgan fingerprint density at radius 3 is 2.59 bits per heavy atom. The van der Waals surface area contributed by atoms with Crippen LogP contribution >= 0.6 is 0 Å². The number of halogens is 3. The van der Waals surface area contributed by atoms with E-state index >= 15 is 0 Å². The molecular formula is C24H21F3N4O. The number of anilines is 1. The Hall–Kier alpha value is -3.68. The summed E-state index contributed by atoms with van der Waals surface area (Å²) in [4.78, 5) is 21.6. The molecule has 2 heterocycles. The molecule has 5 nitrogen and oxygen atoms in total. The van der Waals surface area contributed by atoms with Crippen molar-refractivity contribution in [2.45, 2.75) is 33.4 Å². The quantitative estimate of drug-likeness (QED) is 0.435. The van der Waals surface area contributed by atoms with Gasteiger partial charge in [0.2, 0.25) is 5.78 Å². The van der Waals surface area contributed by atoms with E-state index in [0.29, 0.717) is 34.7 Å². The maximum Gasteiger partial charge on any atom is 0.417 e. The summed E-state index contributed by atoms with van der Waals surface area (Å²) in [6.07, 6.45) is 1.25. The molecule has 164 valence electrons. The number of nitrogens with one attached hydrogen (secondary N) is 1. The smallest absolute Gasteiger partial charge is 0.322 e. The highest BCUT2D eigenvalue weighted by Crippen LogP contribution is 2.34. The van der Waals surface area contributed by atoms with E-state index < -0.39 is 23.2 Å². The van der Waals surface area contributed by atoms with E-state index in [9.17, 15) is 18.0 Å². The van der Waals surface area contributed by atoms with Crippen molar-refractivity contribution in [2.75, 3.05) is 5.32 Å². The number of carbonyl (C=O) groups excluding carboxylic acids is 1. The number of benzene rings is 2. The van der Waals surface area contributed by atoms with Crippen molar-refractivity contribution in [1.82, 2.24) is 14.4 Å².